The largest absolute Gasteiger partial charge is 0.340 e. The fourth-order valence-corrected chi connectivity index (χ4v) is 4.46. The van der Waals surface area contributed by atoms with Gasteiger partial charge >= 0.3 is 0 Å². The number of hydrazine groups is 1. The number of piperazine rings is 1. The Labute approximate surface area is 238 Å². The monoisotopic (exact) mass is 558 g/mol. The van der Waals surface area contributed by atoms with Crippen LogP contribution < -0.4 is 16.1 Å². The lowest BCUT2D eigenvalue weighted by Crippen LogP contribution is -2.47. The van der Waals surface area contributed by atoms with E-state index >= 15 is 0 Å². The number of amides is 1. The van der Waals surface area contributed by atoms with Crippen LogP contribution in [0.4, 0.5) is 27.5 Å². The first kappa shape index (κ1) is 28.1. The van der Waals surface area contributed by atoms with Gasteiger partial charge in [0.05, 0.1) is 5.69 Å². The third-order valence-electron chi connectivity index (χ3n) is 6.93. The van der Waals surface area contributed by atoms with E-state index in [1.807, 2.05) is 32.0 Å². The number of carbonyl (C=O) groups excluding carboxylic acids is 1. The molecule has 5 rings (SSSR count). The second-order valence-corrected chi connectivity index (χ2v) is 10.8. The Morgan fingerprint density at radius 3 is 2.49 bits per heavy atom. The molecule has 12 heteroatoms. The van der Waals surface area contributed by atoms with E-state index in [1.165, 1.54) is 26.4 Å². The van der Waals surface area contributed by atoms with E-state index in [1.54, 1.807) is 28.9 Å². The molecule has 3 N–H and O–H groups in total. The summed E-state index contributed by atoms with van der Waals surface area (Å²) in [4.78, 5) is 28.4. The molecule has 214 valence electrons. The van der Waals surface area contributed by atoms with Crippen molar-refractivity contribution in [3.8, 4) is 5.82 Å². The molecule has 4 aromatic rings. The number of aryl methyl sites for hydroxylation is 2. The molecule has 0 radical (unpaired) electrons. The molecule has 0 unspecified atom stereocenters. The molecule has 1 amide bonds. The highest BCUT2D eigenvalue weighted by molar-refractivity contribution is 6.04. The lowest BCUT2D eigenvalue weighted by Gasteiger charge is -2.32. The van der Waals surface area contributed by atoms with Crippen molar-refractivity contribution in [2.75, 3.05) is 49.3 Å². The number of benzene rings is 1. The summed E-state index contributed by atoms with van der Waals surface area (Å²) in [6.07, 6.45) is 2.99. The van der Waals surface area contributed by atoms with Crippen LogP contribution in [0.3, 0.4) is 0 Å². The predicted octanol–water partition coefficient (Wildman–Crippen LogP) is 4.45. The van der Waals surface area contributed by atoms with Gasteiger partial charge in [-0.05, 0) is 70.1 Å². The topological polar surface area (TPSA) is 116 Å². The molecule has 1 saturated heterocycles. The molecule has 1 fully saturated rings. The van der Waals surface area contributed by atoms with Gasteiger partial charge < -0.3 is 21.0 Å². The number of pyridine rings is 1. The highest BCUT2D eigenvalue weighted by Crippen LogP contribution is 2.27. The molecular formula is C29H35FN10O. The molecule has 4 heterocycles. The van der Waals surface area contributed by atoms with Crippen LogP contribution in [0.1, 0.15) is 41.0 Å². The highest BCUT2D eigenvalue weighted by atomic mass is 19.1. The third-order valence-corrected chi connectivity index (χ3v) is 6.93. The highest BCUT2D eigenvalue weighted by Gasteiger charge is 2.20. The maximum atomic E-state index is 14.4. The second kappa shape index (κ2) is 11.6. The molecule has 0 bridgehead atoms. The fraction of sp³-hybridized carbons (Fsp3) is 0.345. The van der Waals surface area contributed by atoms with Gasteiger partial charge in [-0.3, -0.25) is 4.79 Å². The molecule has 1 aliphatic heterocycles. The zero-order valence-corrected chi connectivity index (χ0v) is 23.9. The number of likely N-dealkylation sites (N-methyl/N-ethyl adjacent to an activating group) is 1. The van der Waals surface area contributed by atoms with E-state index in [4.69, 9.17) is 0 Å². The van der Waals surface area contributed by atoms with Crippen LogP contribution in [0, 0.1) is 13.8 Å². The number of halogens is 1. The van der Waals surface area contributed by atoms with Gasteiger partial charge in [-0.1, -0.05) is 6.07 Å². The summed E-state index contributed by atoms with van der Waals surface area (Å²) in [5.41, 5.74) is 5.15. The normalized spacial score (nSPS) is 14.6. The zero-order chi connectivity index (χ0) is 29.1. The van der Waals surface area contributed by atoms with Crippen molar-refractivity contribution in [3.63, 3.8) is 0 Å². The van der Waals surface area contributed by atoms with Gasteiger partial charge in [0.2, 0.25) is 0 Å². The Hall–Kier alpha value is -4.42. The van der Waals surface area contributed by atoms with Gasteiger partial charge in [0.1, 0.15) is 29.4 Å². The predicted molar refractivity (Wildman–Crippen MR) is 157 cm³/mol. The summed E-state index contributed by atoms with van der Waals surface area (Å²) in [7, 11) is 2.11. The summed E-state index contributed by atoms with van der Waals surface area (Å²) in [6, 6.07) is 12.3. The lowest BCUT2D eigenvalue weighted by atomic mass is 10.0. The number of alkyl halides is 1. The van der Waals surface area contributed by atoms with Crippen LogP contribution in [0.5, 0.6) is 0 Å². The van der Waals surface area contributed by atoms with E-state index in [0.717, 1.165) is 43.1 Å². The quantitative estimate of drug-likeness (QED) is 0.288. The number of nitrogens with one attached hydrogen (secondary N) is 3. The van der Waals surface area contributed by atoms with Crippen LogP contribution in [0.2, 0.25) is 0 Å². The fourth-order valence-electron chi connectivity index (χ4n) is 4.46. The maximum absolute atomic E-state index is 14.4. The Morgan fingerprint density at radius 2 is 1.73 bits per heavy atom. The summed E-state index contributed by atoms with van der Waals surface area (Å²) >= 11 is 0. The molecule has 0 saturated carbocycles. The zero-order valence-electron chi connectivity index (χ0n) is 23.9. The molecule has 0 spiro atoms. The SMILES string of the molecule is Cc1cc(Nc2cc(C(=O)Nc3cc(C(C)(C)F)ccn3)ccc2C)n(-c2cc(NN3CCN(C)CC3)ncn2)n1. The van der Waals surface area contributed by atoms with E-state index < -0.39 is 5.67 Å². The van der Waals surface area contributed by atoms with Crippen LogP contribution in [-0.2, 0) is 5.67 Å². The first-order chi connectivity index (χ1) is 19.5. The van der Waals surface area contributed by atoms with Gasteiger partial charge in [0.15, 0.2) is 5.82 Å². The van der Waals surface area contributed by atoms with Gasteiger partial charge in [-0.25, -0.2) is 24.4 Å². The number of carbonyl (C=O) groups is 1. The van der Waals surface area contributed by atoms with Gasteiger partial charge in [0, 0.05) is 55.8 Å². The van der Waals surface area contributed by atoms with Crippen LogP contribution in [0.15, 0.2) is 55.0 Å². The Kier molecular flexibility index (Phi) is 7.95. The average Bonchev–Trinajstić information content (AvgIpc) is 3.31. The van der Waals surface area contributed by atoms with Crippen molar-refractivity contribution in [3.05, 3.63) is 77.4 Å². The number of nitrogens with zero attached hydrogens (tertiary/aromatic N) is 7. The molecular weight excluding hydrogens is 523 g/mol. The number of aromatic nitrogens is 5. The summed E-state index contributed by atoms with van der Waals surface area (Å²) in [5.74, 6) is 1.90. The Morgan fingerprint density at radius 1 is 0.951 bits per heavy atom. The van der Waals surface area contributed by atoms with Crippen LogP contribution in [-0.4, -0.2) is 73.8 Å². The van der Waals surface area contributed by atoms with Crippen molar-refractivity contribution in [2.45, 2.75) is 33.4 Å². The molecule has 11 nitrogen and oxygen atoms in total. The maximum Gasteiger partial charge on any atom is 0.256 e. The lowest BCUT2D eigenvalue weighted by molar-refractivity contribution is 0.102. The Bertz CT molecular complexity index is 1540. The van der Waals surface area contributed by atoms with E-state index in [0.29, 0.717) is 28.6 Å². The van der Waals surface area contributed by atoms with Gasteiger partial charge in [-0.2, -0.15) is 9.78 Å². The Balaban J connectivity index is 1.35. The number of rotatable bonds is 8. The van der Waals surface area contributed by atoms with Crippen molar-refractivity contribution in [2.24, 2.45) is 0 Å². The third kappa shape index (κ3) is 6.84. The van der Waals surface area contributed by atoms with E-state index in [-0.39, 0.29) is 11.7 Å². The van der Waals surface area contributed by atoms with Crippen molar-refractivity contribution in [1.29, 1.82) is 0 Å². The molecule has 1 aromatic carbocycles. The average molecular weight is 559 g/mol. The van der Waals surface area contributed by atoms with Crippen molar-refractivity contribution >= 4 is 29.0 Å². The minimum Gasteiger partial charge on any atom is -0.340 e. The molecule has 3 aromatic heterocycles. The minimum absolute atomic E-state index is 0.284. The van der Waals surface area contributed by atoms with E-state index in [2.05, 4.69) is 53.1 Å². The number of hydrogen-bond acceptors (Lipinski definition) is 9. The standard InChI is InChI=1S/C29H35FN10O/c1-19-6-7-21(28(41)35-24-16-22(8-9-31-24)29(3,4)30)15-23(19)34-27-14-20(2)36-40(27)26-17-25(32-18-33-26)37-39-12-10-38(5)11-13-39/h6-9,14-18,34H,10-13H2,1-5H3,(H,31,35,41)(H,32,33,37). The summed E-state index contributed by atoms with van der Waals surface area (Å²) in [5, 5.41) is 13.0. The van der Waals surface area contributed by atoms with Gasteiger partial charge in [0.25, 0.3) is 5.91 Å². The summed E-state index contributed by atoms with van der Waals surface area (Å²) in [6.45, 7) is 10.5. The first-order valence-corrected chi connectivity index (χ1v) is 13.5. The molecule has 0 aliphatic carbocycles. The number of anilines is 4. The van der Waals surface area contributed by atoms with Crippen molar-refractivity contribution < 1.29 is 9.18 Å². The second-order valence-electron chi connectivity index (χ2n) is 10.8. The van der Waals surface area contributed by atoms with Crippen molar-refractivity contribution in [1.82, 2.24) is 34.6 Å². The molecule has 1 aliphatic rings. The van der Waals surface area contributed by atoms with Crippen LogP contribution >= 0.6 is 0 Å². The molecule has 0 atom stereocenters. The number of hydrogen-bond donors (Lipinski definition) is 3. The first-order valence-electron chi connectivity index (χ1n) is 13.5. The van der Waals surface area contributed by atoms with Gasteiger partial charge in [-0.15, -0.1) is 0 Å². The summed E-state index contributed by atoms with van der Waals surface area (Å²) < 4.78 is 16.1. The van der Waals surface area contributed by atoms with Crippen LogP contribution in [0.25, 0.3) is 5.82 Å². The van der Waals surface area contributed by atoms with E-state index in [9.17, 15) is 9.18 Å². The molecule has 41 heavy (non-hydrogen) atoms. The smallest absolute Gasteiger partial charge is 0.256 e. The minimum atomic E-state index is -1.55.